The lowest BCUT2D eigenvalue weighted by Gasteiger charge is -1.95. The molecule has 0 aliphatic heterocycles. The first-order valence-electron chi connectivity index (χ1n) is 7.11. The third-order valence-corrected chi connectivity index (χ3v) is 0.727. The molecule has 1 N–H and O–H groups in total. The van der Waals surface area contributed by atoms with Gasteiger partial charge in [0, 0.05) is 8.22 Å². The van der Waals surface area contributed by atoms with Crippen molar-refractivity contribution in [2.75, 3.05) is 0 Å². The molecule has 1 rings (SSSR count). The summed E-state index contributed by atoms with van der Waals surface area (Å²) >= 11 is 0. The fraction of sp³-hybridized carbons (Fsp3) is 0.250. The van der Waals surface area contributed by atoms with E-state index in [0.29, 0.717) is 0 Å². The second kappa shape index (κ2) is 2.09. The summed E-state index contributed by atoms with van der Waals surface area (Å²) in [4.78, 5) is 0. The Morgan fingerprint density at radius 2 is 2.11 bits per heavy atom. The molecule has 0 unspecified atom stereocenters. The standard InChI is InChI=1S/C8H10O/c1-6-3-7(2)5-8(9)4-6/h3-5,9H,1-2H3/i1D3,2D3,3D,4D,5D/hD. The van der Waals surface area contributed by atoms with Gasteiger partial charge in [0.15, 0.2) is 0 Å². The molecule has 0 bridgehead atoms. The summed E-state index contributed by atoms with van der Waals surface area (Å²) in [7, 11) is 0. The molecule has 1 aromatic rings. The normalized spacial score (nSPS) is 28.0. The highest BCUT2D eigenvalue weighted by molar-refractivity contribution is 5.31. The molecule has 0 aromatic heterocycles. The number of phenols is 1. The van der Waals surface area contributed by atoms with Crippen molar-refractivity contribution in [3.05, 3.63) is 29.3 Å². The Hall–Kier alpha value is -0.980. The molecule has 9 heavy (non-hydrogen) atoms. The predicted octanol–water partition coefficient (Wildman–Crippen LogP) is 2.01. The van der Waals surface area contributed by atoms with E-state index in [1.165, 1.54) is 0 Å². The SMILES string of the molecule is [2H]Oc1c([2H])c(C([2H])([2H])[2H])c([2H])c(C([2H])([2H])[2H])c1[2H]. The minimum Gasteiger partial charge on any atom is -0.508 e. The third kappa shape index (κ3) is 1.46. The summed E-state index contributed by atoms with van der Waals surface area (Å²) in [6, 6.07) is -2.58. The number of aromatic hydroxyl groups is 1. The van der Waals surface area contributed by atoms with E-state index in [-0.39, 0.29) is 0 Å². The molecule has 0 fully saturated rings. The van der Waals surface area contributed by atoms with Crippen LogP contribution in [0, 0.1) is 13.7 Å². The van der Waals surface area contributed by atoms with Gasteiger partial charge >= 0.3 is 0 Å². The van der Waals surface area contributed by atoms with E-state index in [1.807, 2.05) is 0 Å². The molecule has 0 aliphatic rings. The first kappa shape index (κ1) is 1.22. The summed E-state index contributed by atoms with van der Waals surface area (Å²) < 4.78 is 72.9. The summed E-state index contributed by atoms with van der Waals surface area (Å²) in [6.07, 6.45) is 0. The highest BCUT2D eigenvalue weighted by Gasteiger charge is 1.89. The van der Waals surface area contributed by atoms with E-state index >= 15 is 0 Å². The van der Waals surface area contributed by atoms with Crippen molar-refractivity contribution in [1.29, 1.82) is 1.43 Å². The van der Waals surface area contributed by atoms with Gasteiger partial charge in [-0.15, -0.1) is 0 Å². The van der Waals surface area contributed by atoms with Gasteiger partial charge in [0.2, 0.25) is 0 Å². The summed E-state index contributed by atoms with van der Waals surface area (Å²) in [5, 5.41) is 3.99. The van der Waals surface area contributed by atoms with Crippen molar-refractivity contribution in [3.63, 3.8) is 0 Å². The second-order valence-electron chi connectivity index (χ2n) is 1.45. The smallest absolute Gasteiger partial charge is 0.293 e. The Morgan fingerprint density at radius 1 is 1.44 bits per heavy atom. The van der Waals surface area contributed by atoms with Crippen LogP contribution in [-0.2, 0) is 0 Å². The lowest BCUT2D eigenvalue weighted by molar-refractivity contribution is 0.474. The van der Waals surface area contributed by atoms with Gasteiger partial charge in [0.25, 0.3) is 1.43 Å². The molecular formula is C8H10O. The van der Waals surface area contributed by atoms with Crippen molar-refractivity contribution in [2.45, 2.75) is 13.7 Å². The Labute approximate surface area is 69.1 Å². The fourth-order valence-electron chi connectivity index (χ4n) is 0.446. The topological polar surface area (TPSA) is 20.2 Å². The molecule has 1 aromatic carbocycles. The van der Waals surface area contributed by atoms with Crippen molar-refractivity contribution in [2.24, 2.45) is 0 Å². The maximum absolute atomic E-state index is 7.63. The molecule has 0 saturated heterocycles. The van der Waals surface area contributed by atoms with Crippen LogP contribution in [0.2, 0.25) is 0 Å². The van der Waals surface area contributed by atoms with Gasteiger partial charge in [-0.3, -0.25) is 0 Å². The van der Waals surface area contributed by atoms with Crippen molar-refractivity contribution in [1.82, 2.24) is 0 Å². The zero-order valence-corrected chi connectivity index (χ0v) is 4.41. The van der Waals surface area contributed by atoms with Crippen LogP contribution in [0.25, 0.3) is 0 Å². The molecule has 0 aliphatic carbocycles. The maximum atomic E-state index is 7.63. The molecule has 0 spiro atoms. The van der Waals surface area contributed by atoms with Crippen LogP contribution >= 0.6 is 0 Å². The van der Waals surface area contributed by atoms with Gasteiger partial charge < -0.3 is 5.11 Å². The minimum absolute atomic E-state index is 0.784. The van der Waals surface area contributed by atoms with Gasteiger partial charge in [0.05, 0.1) is 4.11 Å². The molecule has 0 atom stereocenters. The number of hydrogen-bond donors (Lipinski definition) is 1. The number of phenolic OH excluding ortho intramolecular Hbond substituents is 1. The highest BCUT2D eigenvalue weighted by Crippen LogP contribution is 2.13. The van der Waals surface area contributed by atoms with Crippen LogP contribution < -0.4 is 0 Å². The van der Waals surface area contributed by atoms with Crippen LogP contribution in [-0.4, -0.2) is 6.54 Å². The molecule has 0 heterocycles. The lowest BCUT2D eigenvalue weighted by atomic mass is 10.1. The number of rotatable bonds is 1. The van der Waals surface area contributed by atoms with E-state index < -0.39 is 48.7 Å². The predicted molar refractivity (Wildman–Crippen MR) is 37.6 cm³/mol. The molecular weight excluding hydrogens is 112 g/mol. The molecule has 1 nitrogen and oxygen atoms in total. The van der Waals surface area contributed by atoms with E-state index in [2.05, 4.69) is 5.11 Å². The Morgan fingerprint density at radius 3 is 2.56 bits per heavy atom. The number of benzene rings is 1. The fourth-order valence-corrected chi connectivity index (χ4v) is 0.446. The Bertz CT molecular complexity index is 459. The van der Waals surface area contributed by atoms with Gasteiger partial charge in [0.1, 0.15) is 5.75 Å². The number of hydrogen-bond acceptors (Lipinski definition) is 1. The monoisotopic (exact) mass is 132 g/mol. The molecule has 0 amide bonds. The first-order chi connectivity index (χ1) is 8.42. The van der Waals surface area contributed by atoms with E-state index in [0.717, 1.165) is 0 Å². The largest absolute Gasteiger partial charge is 0.508 e. The third-order valence-electron chi connectivity index (χ3n) is 0.727. The lowest BCUT2D eigenvalue weighted by Crippen LogP contribution is -1.74. The van der Waals surface area contributed by atoms with Gasteiger partial charge in [-0.25, -0.2) is 0 Å². The molecule has 48 valence electrons. The molecule has 0 radical (unpaired) electrons. The van der Waals surface area contributed by atoms with Crippen LogP contribution in [0.5, 0.6) is 5.75 Å². The van der Waals surface area contributed by atoms with Gasteiger partial charge in [-0.1, -0.05) is 6.04 Å². The van der Waals surface area contributed by atoms with Crippen molar-refractivity contribution >= 4 is 0 Å². The maximum Gasteiger partial charge on any atom is 0.293 e. The molecule has 1 heteroatoms. The highest BCUT2D eigenvalue weighted by atomic mass is 16.3. The Balaban J connectivity index is 3.88. The minimum atomic E-state index is -2.91. The van der Waals surface area contributed by atoms with Crippen LogP contribution in [0.1, 0.15) is 23.5 Å². The average Bonchev–Trinajstić information content (AvgIpc) is 2.12. The zero-order chi connectivity index (χ0) is 15.2. The summed E-state index contributed by atoms with van der Waals surface area (Å²) in [5.41, 5.74) is -1.67. The van der Waals surface area contributed by atoms with E-state index in [4.69, 9.17) is 13.8 Å². The second-order valence-corrected chi connectivity index (χ2v) is 1.45. The van der Waals surface area contributed by atoms with Gasteiger partial charge in [-0.05, 0) is 36.9 Å². The molecule has 0 saturated carbocycles. The van der Waals surface area contributed by atoms with Crippen LogP contribution in [0.4, 0.5) is 0 Å². The quantitative estimate of drug-likeness (QED) is 0.619. The Kier molecular flexibility index (Phi) is 0.283. The van der Waals surface area contributed by atoms with E-state index in [9.17, 15) is 0 Å². The summed E-state index contributed by atoms with van der Waals surface area (Å²) in [5.74, 6) is -0.784. The van der Waals surface area contributed by atoms with E-state index in [1.54, 1.807) is 0 Å². The van der Waals surface area contributed by atoms with Gasteiger partial charge in [-0.2, -0.15) is 0 Å². The van der Waals surface area contributed by atoms with Crippen LogP contribution in [0.3, 0.4) is 0 Å². The first-order valence-corrected chi connectivity index (χ1v) is 2.20. The summed E-state index contributed by atoms with van der Waals surface area (Å²) in [6.45, 7) is -5.82. The van der Waals surface area contributed by atoms with Crippen molar-refractivity contribution in [3.8, 4) is 5.75 Å². The zero-order valence-electron chi connectivity index (χ0n) is 14.4. The van der Waals surface area contributed by atoms with Crippen molar-refractivity contribution < 1.29 is 17.4 Å². The average molecular weight is 132 g/mol. The van der Waals surface area contributed by atoms with Crippen LogP contribution in [0.15, 0.2) is 18.1 Å².